The molecule has 18 heavy (non-hydrogen) atoms. The van der Waals surface area contributed by atoms with Crippen molar-refractivity contribution in [2.75, 3.05) is 0 Å². The molecule has 1 fully saturated rings. The SMILES string of the molecule is CC(C)CC1CCCC(O)(c2cccc(Cl)c2)C1. The molecule has 0 spiro atoms. The van der Waals surface area contributed by atoms with Crippen molar-refractivity contribution in [3.63, 3.8) is 0 Å². The summed E-state index contributed by atoms with van der Waals surface area (Å²) in [6.45, 7) is 4.51. The lowest BCUT2D eigenvalue weighted by Crippen LogP contribution is -2.33. The van der Waals surface area contributed by atoms with Gasteiger partial charge in [0.05, 0.1) is 5.60 Å². The predicted molar refractivity (Wildman–Crippen MR) is 76.8 cm³/mol. The summed E-state index contributed by atoms with van der Waals surface area (Å²) >= 11 is 6.04. The van der Waals surface area contributed by atoms with Crippen molar-refractivity contribution in [2.45, 2.75) is 51.6 Å². The average Bonchev–Trinajstić information content (AvgIpc) is 2.28. The van der Waals surface area contributed by atoms with Crippen molar-refractivity contribution in [3.05, 3.63) is 34.9 Å². The highest BCUT2D eigenvalue weighted by molar-refractivity contribution is 6.30. The molecule has 1 aromatic carbocycles. The highest BCUT2D eigenvalue weighted by atomic mass is 35.5. The fourth-order valence-electron chi connectivity index (χ4n) is 3.27. The number of hydrogen-bond acceptors (Lipinski definition) is 1. The van der Waals surface area contributed by atoms with Crippen LogP contribution in [0.25, 0.3) is 0 Å². The molecule has 2 unspecified atom stereocenters. The highest BCUT2D eigenvalue weighted by Gasteiger charge is 2.35. The van der Waals surface area contributed by atoms with Gasteiger partial charge in [-0.1, -0.05) is 44.0 Å². The molecule has 1 aliphatic rings. The Kier molecular flexibility index (Phi) is 4.34. The average molecular weight is 267 g/mol. The van der Waals surface area contributed by atoms with Gasteiger partial charge in [0.15, 0.2) is 0 Å². The summed E-state index contributed by atoms with van der Waals surface area (Å²) in [4.78, 5) is 0. The van der Waals surface area contributed by atoms with E-state index in [0.29, 0.717) is 16.9 Å². The smallest absolute Gasteiger partial charge is 0.0899 e. The van der Waals surface area contributed by atoms with Crippen molar-refractivity contribution in [1.29, 1.82) is 0 Å². The Morgan fingerprint density at radius 2 is 2.22 bits per heavy atom. The fourth-order valence-corrected chi connectivity index (χ4v) is 3.46. The first-order valence-corrected chi connectivity index (χ1v) is 7.36. The lowest BCUT2D eigenvalue weighted by Gasteiger charge is -2.38. The van der Waals surface area contributed by atoms with Crippen LogP contribution in [0.4, 0.5) is 0 Å². The molecule has 1 aliphatic carbocycles. The number of halogens is 1. The quantitative estimate of drug-likeness (QED) is 0.836. The molecule has 0 saturated heterocycles. The van der Waals surface area contributed by atoms with Crippen LogP contribution in [0.3, 0.4) is 0 Å². The molecule has 0 heterocycles. The summed E-state index contributed by atoms with van der Waals surface area (Å²) < 4.78 is 0. The molecule has 0 amide bonds. The first-order chi connectivity index (χ1) is 8.49. The van der Waals surface area contributed by atoms with Gasteiger partial charge in [-0.15, -0.1) is 0 Å². The van der Waals surface area contributed by atoms with Gasteiger partial charge < -0.3 is 5.11 Å². The van der Waals surface area contributed by atoms with Crippen LogP contribution in [0.15, 0.2) is 24.3 Å². The second-order valence-corrected chi connectivity index (χ2v) is 6.57. The van der Waals surface area contributed by atoms with Crippen LogP contribution in [0.1, 0.15) is 51.5 Å². The van der Waals surface area contributed by atoms with Crippen molar-refractivity contribution in [3.8, 4) is 0 Å². The molecule has 1 N–H and O–H groups in total. The summed E-state index contributed by atoms with van der Waals surface area (Å²) in [6.07, 6.45) is 5.32. The first kappa shape index (κ1) is 13.9. The van der Waals surface area contributed by atoms with E-state index in [9.17, 15) is 5.11 Å². The number of hydrogen-bond donors (Lipinski definition) is 1. The van der Waals surface area contributed by atoms with Crippen LogP contribution >= 0.6 is 11.6 Å². The molecule has 1 aromatic rings. The first-order valence-electron chi connectivity index (χ1n) is 6.98. The van der Waals surface area contributed by atoms with Crippen molar-refractivity contribution in [1.82, 2.24) is 0 Å². The second-order valence-electron chi connectivity index (χ2n) is 6.13. The van der Waals surface area contributed by atoms with Crippen LogP contribution in [-0.2, 0) is 5.60 Å². The van der Waals surface area contributed by atoms with Crippen LogP contribution in [0.2, 0.25) is 5.02 Å². The zero-order valence-electron chi connectivity index (χ0n) is 11.3. The Morgan fingerprint density at radius 3 is 2.89 bits per heavy atom. The van der Waals surface area contributed by atoms with Gasteiger partial charge >= 0.3 is 0 Å². The molecular weight excluding hydrogens is 244 g/mol. The number of rotatable bonds is 3. The van der Waals surface area contributed by atoms with Crippen LogP contribution in [0, 0.1) is 11.8 Å². The van der Waals surface area contributed by atoms with E-state index < -0.39 is 5.60 Å². The molecule has 0 radical (unpaired) electrons. The molecule has 1 saturated carbocycles. The molecule has 2 heteroatoms. The molecule has 0 aromatic heterocycles. The minimum Gasteiger partial charge on any atom is -0.385 e. The molecule has 2 rings (SSSR count). The third kappa shape index (κ3) is 3.27. The monoisotopic (exact) mass is 266 g/mol. The Hall–Kier alpha value is -0.530. The van der Waals surface area contributed by atoms with Gasteiger partial charge in [-0.05, 0) is 55.2 Å². The van der Waals surface area contributed by atoms with Gasteiger partial charge in [0, 0.05) is 5.02 Å². The maximum atomic E-state index is 10.9. The molecular formula is C16H23ClO. The molecule has 100 valence electrons. The summed E-state index contributed by atoms with van der Waals surface area (Å²) in [5.74, 6) is 1.35. The number of aliphatic hydroxyl groups is 1. The molecule has 0 bridgehead atoms. The van der Waals surface area contributed by atoms with E-state index in [2.05, 4.69) is 13.8 Å². The minimum absolute atomic E-state index is 0.641. The summed E-state index contributed by atoms with van der Waals surface area (Å²) in [7, 11) is 0. The van der Waals surface area contributed by atoms with Gasteiger partial charge in [0.2, 0.25) is 0 Å². The van der Waals surface area contributed by atoms with Crippen LogP contribution < -0.4 is 0 Å². The third-order valence-electron chi connectivity index (χ3n) is 4.00. The minimum atomic E-state index is -0.664. The van der Waals surface area contributed by atoms with Gasteiger partial charge in [-0.3, -0.25) is 0 Å². The van der Waals surface area contributed by atoms with E-state index in [1.807, 2.05) is 24.3 Å². The largest absolute Gasteiger partial charge is 0.385 e. The molecule has 2 atom stereocenters. The Balaban J connectivity index is 2.15. The van der Waals surface area contributed by atoms with E-state index in [1.54, 1.807) is 0 Å². The predicted octanol–water partition coefficient (Wildman–Crippen LogP) is 4.76. The van der Waals surface area contributed by atoms with E-state index in [-0.39, 0.29) is 0 Å². The van der Waals surface area contributed by atoms with Crippen molar-refractivity contribution in [2.24, 2.45) is 11.8 Å². The van der Waals surface area contributed by atoms with Crippen LogP contribution in [0.5, 0.6) is 0 Å². The van der Waals surface area contributed by atoms with Crippen molar-refractivity contribution < 1.29 is 5.11 Å². The van der Waals surface area contributed by atoms with Gasteiger partial charge in [-0.25, -0.2) is 0 Å². The van der Waals surface area contributed by atoms with E-state index in [0.717, 1.165) is 24.8 Å². The van der Waals surface area contributed by atoms with Gasteiger partial charge in [0.25, 0.3) is 0 Å². The zero-order chi connectivity index (χ0) is 13.2. The normalized spacial score (nSPS) is 28.6. The van der Waals surface area contributed by atoms with Crippen LogP contribution in [-0.4, -0.2) is 5.11 Å². The summed E-state index contributed by atoms with van der Waals surface area (Å²) in [5.41, 5.74) is 0.325. The van der Waals surface area contributed by atoms with Crippen molar-refractivity contribution >= 4 is 11.6 Å². The Labute approximate surface area is 115 Å². The second kappa shape index (κ2) is 5.63. The van der Waals surface area contributed by atoms with E-state index in [1.165, 1.54) is 12.8 Å². The van der Waals surface area contributed by atoms with E-state index >= 15 is 0 Å². The van der Waals surface area contributed by atoms with E-state index in [4.69, 9.17) is 11.6 Å². The third-order valence-corrected chi connectivity index (χ3v) is 4.23. The fraction of sp³-hybridized carbons (Fsp3) is 0.625. The summed E-state index contributed by atoms with van der Waals surface area (Å²) in [6, 6.07) is 7.72. The number of benzene rings is 1. The van der Waals surface area contributed by atoms with Gasteiger partial charge in [-0.2, -0.15) is 0 Å². The zero-order valence-corrected chi connectivity index (χ0v) is 12.1. The molecule has 0 aliphatic heterocycles. The maximum Gasteiger partial charge on any atom is 0.0899 e. The highest BCUT2D eigenvalue weighted by Crippen LogP contribution is 2.42. The maximum absolute atomic E-state index is 10.9. The standard InChI is InChI=1S/C16H23ClO/c1-12(2)9-13-5-4-8-16(18,11-13)14-6-3-7-15(17)10-14/h3,6-7,10,12-13,18H,4-5,8-9,11H2,1-2H3. The summed E-state index contributed by atoms with van der Waals surface area (Å²) in [5, 5.41) is 11.6. The molecule has 1 nitrogen and oxygen atoms in total. The Bertz CT molecular complexity index is 402. The Morgan fingerprint density at radius 1 is 1.44 bits per heavy atom. The lowest BCUT2D eigenvalue weighted by molar-refractivity contribution is -0.0244. The lowest BCUT2D eigenvalue weighted by atomic mass is 9.72. The van der Waals surface area contributed by atoms with Gasteiger partial charge in [0.1, 0.15) is 0 Å². The topological polar surface area (TPSA) is 20.2 Å².